The van der Waals surface area contributed by atoms with E-state index in [0.717, 1.165) is 29.8 Å². The lowest BCUT2D eigenvalue weighted by Gasteiger charge is -2.62. The Bertz CT molecular complexity index is 1240. The summed E-state index contributed by atoms with van der Waals surface area (Å²) in [7, 11) is 0. The maximum absolute atomic E-state index is 13.8. The number of hydrogen-bond acceptors (Lipinski definition) is 5. The Morgan fingerprint density at radius 3 is 2.82 bits per heavy atom. The molecule has 2 heterocycles. The van der Waals surface area contributed by atoms with Gasteiger partial charge in [0.2, 0.25) is 0 Å². The molecule has 1 spiro atoms. The summed E-state index contributed by atoms with van der Waals surface area (Å²) >= 11 is 6.40. The number of Topliss-reactive ketones (excluding diaryl/α,β-unsaturated/α-hetero) is 1. The zero-order chi connectivity index (χ0) is 22.5. The number of carbonyl (C=O) groups is 1. The highest BCUT2D eigenvalue weighted by Crippen LogP contribution is 2.65. The number of ketones is 1. The highest BCUT2D eigenvalue weighted by molar-refractivity contribution is 6.32. The zero-order valence-electron chi connectivity index (χ0n) is 18.3. The molecule has 170 valence electrons. The summed E-state index contributed by atoms with van der Waals surface area (Å²) < 4.78 is 6.26. The fraction of sp³-hybridized carbons (Fsp3) is 0.444. The molecule has 1 saturated heterocycles. The first-order chi connectivity index (χ1) is 15.9. The summed E-state index contributed by atoms with van der Waals surface area (Å²) in [6.45, 7) is 1.82. The summed E-state index contributed by atoms with van der Waals surface area (Å²) in [6, 6.07) is 11.0. The van der Waals surface area contributed by atoms with Crippen LogP contribution in [0.4, 0.5) is 0 Å². The highest BCUT2D eigenvalue weighted by atomic mass is 35.5. The first-order valence-corrected chi connectivity index (χ1v) is 12.3. The molecule has 2 N–H and O–H groups in total. The van der Waals surface area contributed by atoms with Crippen molar-refractivity contribution in [3.05, 3.63) is 63.7 Å². The number of nitrogens with zero attached hydrogens (tertiary/aromatic N) is 1. The van der Waals surface area contributed by atoms with E-state index in [1.807, 2.05) is 30.3 Å². The monoisotopic (exact) mass is 463 g/mol. The first-order valence-electron chi connectivity index (χ1n) is 11.9. The number of carbonyl (C=O) groups excluding carboxylic acids is 1. The van der Waals surface area contributed by atoms with E-state index in [1.165, 1.54) is 12.8 Å². The van der Waals surface area contributed by atoms with E-state index < -0.39 is 17.1 Å². The molecule has 2 saturated carbocycles. The second-order valence-corrected chi connectivity index (χ2v) is 10.9. The van der Waals surface area contributed by atoms with E-state index in [4.69, 9.17) is 16.3 Å². The molecule has 3 fully saturated rings. The van der Waals surface area contributed by atoms with Crippen molar-refractivity contribution in [2.45, 2.75) is 55.3 Å². The maximum atomic E-state index is 13.8. The molecule has 4 atom stereocenters. The van der Waals surface area contributed by atoms with Gasteiger partial charge in [-0.25, -0.2) is 0 Å². The van der Waals surface area contributed by atoms with Crippen LogP contribution in [0.1, 0.15) is 42.4 Å². The van der Waals surface area contributed by atoms with Crippen molar-refractivity contribution in [3.63, 3.8) is 0 Å². The van der Waals surface area contributed by atoms with Gasteiger partial charge in [0.15, 0.2) is 23.4 Å². The molecule has 2 aromatic rings. The van der Waals surface area contributed by atoms with E-state index in [-0.39, 0.29) is 24.0 Å². The molecule has 33 heavy (non-hydrogen) atoms. The molecular formula is C27H26ClNO4. The van der Waals surface area contributed by atoms with Crippen LogP contribution in [0, 0.1) is 5.92 Å². The average molecular weight is 464 g/mol. The minimum absolute atomic E-state index is 0.0446. The number of aromatic hydroxyl groups is 1. The number of rotatable bonds is 3. The van der Waals surface area contributed by atoms with E-state index in [2.05, 4.69) is 4.90 Å². The van der Waals surface area contributed by atoms with Crippen molar-refractivity contribution >= 4 is 23.5 Å². The molecule has 2 aromatic carbocycles. The molecule has 0 aromatic heterocycles. The van der Waals surface area contributed by atoms with Gasteiger partial charge in [0.1, 0.15) is 0 Å². The second kappa shape index (κ2) is 6.62. The van der Waals surface area contributed by atoms with Gasteiger partial charge in [-0.3, -0.25) is 9.69 Å². The van der Waals surface area contributed by atoms with Gasteiger partial charge in [-0.15, -0.1) is 0 Å². The summed E-state index contributed by atoms with van der Waals surface area (Å²) in [4.78, 5) is 16.3. The van der Waals surface area contributed by atoms with Gasteiger partial charge in [0.25, 0.3) is 0 Å². The summed E-state index contributed by atoms with van der Waals surface area (Å²) in [6.07, 6.45) is 5.09. The largest absolute Gasteiger partial charge is 0.504 e. The Kier molecular flexibility index (Phi) is 4.03. The van der Waals surface area contributed by atoms with Gasteiger partial charge >= 0.3 is 0 Å². The van der Waals surface area contributed by atoms with Crippen LogP contribution in [0.25, 0.3) is 6.08 Å². The lowest BCUT2D eigenvalue weighted by atomic mass is 9.48. The number of phenolic OH excluding ortho intramolecular Hbond substituents is 1. The summed E-state index contributed by atoms with van der Waals surface area (Å²) in [5.74, 6) is 1.02. The average Bonchev–Trinajstić information content (AvgIpc) is 3.53. The van der Waals surface area contributed by atoms with Crippen molar-refractivity contribution in [3.8, 4) is 11.5 Å². The number of halogens is 1. The molecule has 5 nitrogen and oxygen atoms in total. The predicted octanol–water partition coefficient (Wildman–Crippen LogP) is 3.87. The van der Waals surface area contributed by atoms with E-state index in [1.54, 1.807) is 12.1 Å². The van der Waals surface area contributed by atoms with Crippen LogP contribution in [-0.4, -0.2) is 51.7 Å². The Morgan fingerprint density at radius 2 is 2.03 bits per heavy atom. The lowest BCUT2D eigenvalue weighted by molar-refractivity contribution is -0.179. The topological polar surface area (TPSA) is 70.0 Å². The highest BCUT2D eigenvalue weighted by Gasteiger charge is 2.74. The number of hydrogen-bond donors (Lipinski definition) is 2. The summed E-state index contributed by atoms with van der Waals surface area (Å²) in [5, 5.41) is 23.8. The van der Waals surface area contributed by atoms with Crippen LogP contribution in [0.15, 0.2) is 42.0 Å². The van der Waals surface area contributed by atoms with Crippen LogP contribution in [0.5, 0.6) is 11.5 Å². The van der Waals surface area contributed by atoms with Crippen molar-refractivity contribution in [1.29, 1.82) is 0 Å². The predicted molar refractivity (Wildman–Crippen MR) is 125 cm³/mol. The quantitative estimate of drug-likeness (QED) is 0.676. The molecule has 0 amide bonds. The number of ether oxygens (including phenoxy) is 1. The van der Waals surface area contributed by atoms with Gasteiger partial charge in [-0.2, -0.15) is 0 Å². The molecule has 2 bridgehead atoms. The molecule has 3 aliphatic carbocycles. The molecule has 0 unspecified atom stereocenters. The van der Waals surface area contributed by atoms with E-state index >= 15 is 0 Å². The third-order valence-electron chi connectivity index (χ3n) is 8.76. The normalized spacial score (nSPS) is 35.5. The lowest BCUT2D eigenvalue weighted by Crippen LogP contribution is -2.77. The fourth-order valence-electron chi connectivity index (χ4n) is 7.09. The molecule has 6 heteroatoms. The SMILES string of the molecule is O=C1/C(=C/c2ccccc2Cl)C[C@@]2(O)[C@H]3Cc4ccc(O)c5c4[C@@]2(CCN3CC2CC2)[C@H]1O5. The van der Waals surface area contributed by atoms with Crippen LogP contribution in [-0.2, 0) is 16.6 Å². The van der Waals surface area contributed by atoms with Crippen LogP contribution >= 0.6 is 11.6 Å². The minimum atomic E-state index is -1.15. The van der Waals surface area contributed by atoms with Gasteiger partial charge in [-0.1, -0.05) is 35.9 Å². The Morgan fingerprint density at radius 1 is 1.21 bits per heavy atom. The maximum Gasteiger partial charge on any atom is 0.200 e. The Balaban J connectivity index is 1.42. The van der Waals surface area contributed by atoms with Crippen molar-refractivity contribution < 1.29 is 19.7 Å². The van der Waals surface area contributed by atoms with Crippen LogP contribution in [0.2, 0.25) is 5.02 Å². The van der Waals surface area contributed by atoms with Crippen LogP contribution < -0.4 is 4.74 Å². The van der Waals surface area contributed by atoms with E-state index in [0.29, 0.717) is 35.1 Å². The van der Waals surface area contributed by atoms with Gasteiger partial charge in [-0.05, 0) is 67.5 Å². The Hall–Kier alpha value is -2.34. The molecule has 2 aliphatic heterocycles. The molecule has 7 rings (SSSR count). The standard InChI is InChI=1S/C27H26ClNO4/c28-19-4-2-1-3-16(19)11-18-13-27(32)21-12-17-7-8-20(30)24-22(17)26(27,25(33-24)23(18)31)9-10-29(21)14-15-5-6-15/h1-4,7-8,11,15,21,25,30,32H,5-6,9-10,12-14H2/b18-11+/t21-,25+,26+,27-/m1/s1. The number of piperidine rings is 1. The molecule has 0 radical (unpaired) electrons. The second-order valence-electron chi connectivity index (χ2n) is 10.5. The summed E-state index contributed by atoms with van der Waals surface area (Å²) in [5.41, 5.74) is 1.28. The van der Waals surface area contributed by atoms with Gasteiger partial charge in [0, 0.05) is 35.2 Å². The van der Waals surface area contributed by atoms with Crippen LogP contribution in [0.3, 0.4) is 0 Å². The van der Waals surface area contributed by atoms with Crippen molar-refractivity contribution in [2.75, 3.05) is 13.1 Å². The molecule has 5 aliphatic rings. The van der Waals surface area contributed by atoms with Crippen molar-refractivity contribution in [2.24, 2.45) is 5.92 Å². The number of aliphatic hydroxyl groups is 1. The Labute approximate surface area is 197 Å². The van der Waals surface area contributed by atoms with Gasteiger partial charge < -0.3 is 14.9 Å². The van der Waals surface area contributed by atoms with Crippen molar-refractivity contribution in [1.82, 2.24) is 4.90 Å². The number of likely N-dealkylation sites (tertiary alicyclic amines) is 1. The minimum Gasteiger partial charge on any atom is -0.504 e. The smallest absolute Gasteiger partial charge is 0.200 e. The zero-order valence-corrected chi connectivity index (χ0v) is 19.0. The first kappa shape index (κ1) is 20.1. The van der Waals surface area contributed by atoms with Gasteiger partial charge in [0.05, 0.1) is 11.0 Å². The van der Waals surface area contributed by atoms with E-state index in [9.17, 15) is 15.0 Å². The molecular weight excluding hydrogens is 438 g/mol. The third-order valence-corrected chi connectivity index (χ3v) is 9.11. The third kappa shape index (κ3) is 2.53. The number of phenols is 1. The fourth-order valence-corrected chi connectivity index (χ4v) is 7.28. The number of benzene rings is 2.